The molecule has 0 N–H and O–H groups in total. The molecule has 52 heavy (non-hydrogen) atoms. The summed E-state index contributed by atoms with van der Waals surface area (Å²) in [4.78, 5) is 5.17. The average Bonchev–Trinajstić information content (AvgIpc) is 3.77. The first-order chi connectivity index (χ1) is 25.7. The van der Waals surface area contributed by atoms with Crippen molar-refractivity contribution in [1.29, 1.82) is 5.26 Å². The van der Waals surface area contributed by atoms with E-state index in [1.54, 1.807) is 0 Å². The van der Waals surface area contributed by atoms with Gasteiger partial charge in [-0.1, -0.05) is 121 Å². The summed E-state index contributed by atoms with van der Waals surface area (Å²) in [7, 11) is 0. The number of nitriles is 1. The van der Waals surface area contributed by atoms with Crippen LogP contribution in [0.2, 0.25) is 0 Å². The number of fused-ring (bicyclic) bond motifs is 7. The van der Waals surface area contributed by atoms with Crippen LogP contribution >= 0.6 is 11.3 Å². The van der Waals surface area contributed by atoms with Gasteiger partial charge in [0.05, 0.1) is 38.8 Å². The van der Waals surface area contributed by atoms with Crippen LogP contribution in [0, 0.1) is 11.3 Å². The van der Waals surface area contributed by atoms with Gasteiger partial charge in [0.25, 0.3) is 0 Å². The molecule has 242 valence electrons. The van der Waals surface area contributed by atoms with E-state index >= 15 is 0 Å². The van der Waals surface area contributed by atoms with Crippen LogP contribution in [-0.2, 0) is 0 Å². The molecule has 7 aromatic carbocycles. The molecule has 0 fully saturated rings. The summed E-state index contributed by atoms with van der Waals surface area (Å²) in [5, 5.41) is 14.9. The molecule has 3 heterocycles. The highest BCUT2D eigenvalue weighted by Crippen LogP contribution is 2.44. The standard InChI is InChI=1S/C48H29N3S/c49-30-31-12-11-17-34(24-31)35-25-36(37-28-43(32-13-3-1-4-14-32)50-44(29-37)33-15-5-2-6-16-33)27-38(26-35)51-45-20-9-7-18-39(45)41-22-23-42-40-19-8-10-21-46(40)52-48(42)47(41)51/h1-29H. The largest absolute Gasteiger partial charge is 0.308 e. The van der Waals surface area contributed by atoms with E-state index in [-0.39, 0.29) is 0 Å². The van der Waals surface area contributed by atoms with Crippen molar-refractivity contribution in [2.75, 3.05) is 0 Å². The van der Waals surface area contributed by atoms with Gasteiger partial charge in [-0.15, -0.1) is 11.3 Å². The van der Waals surface area contributed by atoms with Gasteiger partial charge in [0.15, 0.2) is 0 Å². The minimum absolute atomic E-state index is 0.634. The third-order valence-corrected chi connectivity index (χ3v) is 11.2. The van der Waals surface area contributed by atoms with Crippen molar-refractivity contribution in [3.05, 3.63) is 181 Å². The summed E-state index contributed by atoms with van der Waals surface area (Å²) in [6, 6.07) is 64.3. The Bertz CT molecular complexity index is 2960. The van der Waals surface area contributed by atoms with Crippen molar-refractivity contribution >= 4 is 53.3 Å². The number of para-hydroxylation sites is 1. The molecule has 0 atom stereocenters. The Morgan fingerprint density at radius 1 is 0.462 bits per heavy atom. The second kappa shape index (κ2) is 12.2. The molecule has 0 saturated heterocycles. The van der Waals surface area contributed by atoms with Crippen LogP contribution in [0.1, 0.15) is 5.56 Å². The summed E-state index contributed by atoms with van der Waals surface area (Å²) >= 11 is 1.86. The number of rotatable bonds is 5. The lowest BCUT2D eigenvalue weighted by Crippen LogP contribution is -1.97. The van der Waals surface area contributed by atoms with E-state index in [2.05, 4.69) is 156 Å². The Kier molecular flexibility index (Phi) is 7.06. The maximum atomic E-state index is 9.86. The minimum Gasteiger partial charge on any atom is -0.308 e. The normalized spacial score (nSPS) is 11.4. The number of hydrogen-bond acceptors (Lipinski definition) is 3. The summed E-state index contributed by atoms with van der Waals surface area (Å²) in [6.07, 6.45) is 0. The average molecular weight is 680 g/mol. The highest BCUT2D eigenvalue weighted by Gasteiger charge is 2.19. The molecule has 3 nitrogen and oxygen atoms in total. The van der Waals surface area contributed by atoms with Gasteiger partial charge in [-0.2, -0.15) is 5.26 Å². The Morgan fingerprint density at radius 2 is 1.06 bits per heavy atom. The van der Waals surface area contributed by atoms with Crippen molar-refractivity contribution in [2.45, 2.75) is 0 Å². The Morgan fingerprint density at radius 3 is 1.79 bits per heavy atom. The molecule has 0 spiro atoms. The van der Waals surface area contributed by atoms with E-state index in [0.29, 0.717) is 5.56 Å². The predicted octanol–water partition coefficient (Wildman–Crippen LogP) is 13.1. The molecular formula is C48H29N3S. The van der Waals surface area contributed by atoms with Gasteiger partial charge >= 0.3 is 0 Å². The van der Waals surface area contributed by atoms with Crippen LogP contribution in [0.25, 0.3) is 92.4 Å². The van der Waals surface area contributed by atoms with Crippen molar-refractivity contribution in [3.63, 3.8) is 0 Å². The number of aromatic nitrogens is 2. The highest BCUT2D eigenvalue weighted by molar-refractivity contribution is 7.26. The third-order valence-electron chi connectivity index (χ3n) is 9.98. The summed E-state index contributed by atoms with van der Waals surface area (Å²) < 4.78 is 5.00. The van der Waals surface area contributed by atoms with Gasteiger partial charge in [-0.3, -0.25) is 0 Å². The fourth-order valence-corrected chi connectivity index (χ4v) is 8.79. The van der Waals surface area contributed by atoms with Gasteiger partial charge in [-0.25, -0.2) is 4.98 Å². The molecule has 0 unspecified atom stereocenters. The topological polar surface area (TPSA) is 41.6 Å². The monoisotopic (exact) mass is 679 g/mol. The van der Waals surface area contributed by atoms with Crippen molar-refractivity contribution in [3.8, 4) is 56.5 Å². The number of benzene rings is 7. The van der Waals surface area contributed by atoms with Crippen LogP contribution in [0.5, 0.6) is 0 Å². The molecule has 0 radical (unpaired) electrons. The van der Waals surface area contributed by atoms with E-state index in [1.807, 2.05) is 41.7 Å². The molecule has 0 aliphatic carbocycles. The lowest BCUT2D eigenvalue weighted by Gasteiger charge is -2.16. The fourth-order valence-electron chi connectivity index (χ4n) is 7.55. The molecule has 10 aromatic rings. The highest BCUT2D eigenvalue weighted by atomic mass is 32.1. The zero-order valence-corrected chi connectivity index (χ0v) is 28.8. The second-order valence-corrected chi connectivity index (χ2v) is 14.2. The van der Waals surface area contributed by atoms with Gasteiger partial charge < -0.3 is 4.57 Å². The summed E-state index contributed by atoms with van der Waals surface area (Å²) in [5.74, 6) is 0. The Hall–Kier alpha value is -6.80. The molecule has 0 aliphatic rings. The first-order valence-electron chi connectivity index (χ1n) is 17.3. The molecule has 10 rings (SSSR count). The van der Waals surface area contributed by atoms with Crippen LogP contribution in [0.4, 0.5) is 0 Å². The van der Waals surface area contributed by atoms with Crippen LogP contribution in [-0.4, -0.2) is 9.55 Å². The maximum Gasteiger partial charge on any atom is 0.0991 e. The van der Waals surface area contributed by atoms with Gasteiger partial charge in [-0.05, 0) is 76.9 Å². The molecular weight excluding hydrogens is 651 g/mol. The zero-order chi connectivity index (χ0) is 34.6. The maximum absolute atomic E-state index is 9.86. The zero-order valence-electron chi connectivity index (χ0n) is 28.0. The summed E-state index contributed by atoms with van der Waals surface area (Å²) in [6.45, 7) is 0. The molecule has 0 saturated carbocycles. The SMILES string of the molecule is N#Cc1cccc(-c2cc(-c3cc(-c4ccccc4)nc(-c4ccccc4)c3)cc(-n3c4ccccc4c4ccc5c6ccccc6sc5c43)c2)c1. The van der Waals surface area contributed by atoms with Crippen molar-refractivity contribution in [1.82, 2.24) is 9.55 Å². The first kappa shape index (κ1) is 30.1. The van der Waals surface area contributed by atoms with E-state index < -0.39 is 0 Å². The number of hydrogen-bond donors (Lipinski definition) is 0. The molecule has 0 bridgehead atoms. The van der Waals surface area contributed by atoms with Crippen molar-refractivity contribution in [2.24, 2.45) is 0 Å². The Labute approximate surface area is 304 Å². The minimum atomic E-state index is 0.634. The molecule has 0 aliphatic heterocycles. The molecule has 4 heteroatoms. The molecule has 3 aromatic heterocycles. The quantitative estimate of drug-likeness (QED) is 0.182. The number of nitrogens with zero attached hydrogens (tertiary/aromatic N) is 3. The first-order valence-corrected chi connectivity index (χ1v) is 18.2. The van der Waals surface area contributed by atoms with Crippen LogP contribution in [0.3, 0.4) is 0 Å². The van der Waals surface area contributed by atoms with Gasteiger partial charge in [0, 0.05) is 43.1 Å². The molecule has 0 amide bonds. The van der Waals surface area contributed by atoms with E-state index in [4.69, 9.17) is 4.98 Å². The van der Waals surface area contributed by atoms with E-state index in [1.165, 1.54) is 36.5 Å². The van der Waals surface area contributed by atoms with Crippen molar-refractivity contribution < 1.29 is 0 Å². The third kappa shape index (κ3) is 4.99. The lowest BCUT2D eigenvalue weighted by atomic mass is 9.95. The fraction of sp³-hybridized carbons (Fsp3) is 0. The lowest BCUT2D eigenvalue weighted by molar-refractivity contribution is 1.19. The number of pyridine rings is 1. The van der Waals surface area contributed by atoms with Crippen LogP contribution < -0.4 is 0 Å². The van der Waals surface area contributed by atoms with Gasteiger partial charge in [0.1, 0.15) is 0 Å². The smallest absolute Gasteiger partial charge is 0.0991 e. The number of thiophene rings is 1. The second-order valence-electron chi connectivity index (χ2n) is 13.1. The van der Waals surface area contributed by atoms with Crippen LogP contribution in [0.15, 0.2) is 176 Å². The predicted molar refractivity (Wildman–Crippen MR) is 218 cm³/mol. The van der Waals surface area contributed by atoms with E-state index in [0.717, 1.165) is 56.0 Å². The summed E-state index contributed by atoms with van der Waals surface area (Å²) in [5.41, 5.74) is 12.2. The van der Waals surface area contributed by atoms with Gasteiger partial charge in [0.2, 0.25) is 0 Å². The Balaban J connectivity index is 1.30. The van der Waals surface area contributed by atoms with E-state index in [9.17, 15) is 5.26 Å².